The van der Waals surface area contributed by atoms with Crippen LogP contribution in [-0.2, 0) is 0 Å². The third kappa shape index (κ3) is 2.61. The van der Waals surface area contributed by atoms with Gasteiger partial charge in [0.25, 0.3) is 5.91 Å². The van der Waals surface area contributed by atoms with E-state index in [0.717, 1.165) is 29.3 Å². The number of carbonyl (C=O) groups is 1. The summed E-state index contributed by atoms with van der Waals surface area (Å²) in [5.74, 6) is 0.0672. The minimum Gasteiger partial charge on any atom is -0.346 e. The van der Waals surface area contributed by atoms with Gasteiger partial charge in [0.05, 0.1) is 5.54 Å². The average molecular weight is 310 g/mol. The molecule has 18 heavy (non-hydrogen) atoms. The predicted molar refractivity (Wildman–Crippen MR) is 78.4 cm³/mol. The summed E-state index contributed by atoms with van der Waals surface area (Å²) in [6.07, 6.45) is 4.57. The lowest BCUT2D eigenvalue weighted by atomic mass is 9.98. The standard InChI is InChI=1S/C15H20BrNO/c1-11-6-5-7-13(12(11)2)14(18)17-15(10-16)8-3-4-9-15/h5-7H,3-4,8-10H2,1-2H3,(H,17,18). The second kappa shape index (κ2) is 5.43. The molecule has 0 spiro atoms. The van der Waals surface area contributed by atoms with Crippen molar-refractivity contribution >= 4 is 21.8 Å². The first-order valence-corrected chi connectivity index (χ1v) is 7.65. The van der Waals surface area contributed by atoms with E-state index in [0.29, 0.717) is 0 Å². The van der Waals surface area contributed by atoms with Gasteiger partial charge in [-0.1, -0.05) is 40.9 Å². The number of hydrogen-bond donors (Lipinski definition) is 1. The van der Waals surface area contributed by atoms with Crippen molar-refractivity contribution in [3.05, 3.63) is 34.9 Å². The van der Waals surface area contributed by atoms with Crippen molar-refractivity contribution in [3.63, 3.8) is 0 Å². The first-order valence-electron chi connectivity index (χ1n) is 6.53. The number of rotatable bonds is 3. The molecular formula is C15H20BrNO. The normalized spacial score (nSPS) is 17.7. The number of nitrogens with one attached hydrogen (secondary N) is 1. The molecule has 0 unspecified atom stereocenters. The number of aryl methyl sites for hydroxylation is 1. The van der Waals surface area contributed by atoms with Crippen molar-refractivity contribution in [2.24, 2.45) is 0 Å². The van der Waals surface area contributed by atoms with Gasteiger partial charge in [-0.3, -0.25) is 4.79 Å². The molecule has 1 fully saturated rings. The molecule has 1 N–H and O–H groups in total. The SMILES string of the molecule is Cc1cccc(C(=O)NC2(CBr)CCCC2)c1C. The fourth-order valence-corrected chi connectivity index (χ4v) is 3.35. The lowest BCUT2D eigenvalue weighted by Gasteiger charge is -2.28. The zero-order chi connectivity index (χ0) is 13.2. The first kappa shape index (κ1) is 13.6. The molecule has 1 aromatic carbocycles. The molecule has 0 bridgehead atoms. The summed E-state index contributed by atoms with van der Waals surface area (Å²) >= 11 is 3.55. The van der Waals surface area contributed by atoms with Gasteiger partial charge in [-0.25, -0.2) is 0 Å². The molecule has 2 rings (SSSR count). The molecular weight excluding hydrogens is 290 g/mol. The largest absolute Gasteiger partial charge is 0.346 e. The lowest BCUT2D eigenvalue weighted by Crippen LogP contribution is -2.47. The van der Waals surface area contributed by atoms with Gasteiger partial charge in [0.2, 0.25) is 0 Å². The Morgan fingerprint density at radius 1 is 1.33 bits per heavy atom. The number of halogens is 1. The first-order chi connectivity index (χ1) is 8.58. The zero-order valence-corrected chi connectivity index (χ0v) is 12.6. The Kier molecular flexibility index (Phi) is 4.10. The highest BCUT2D eigenvalue weighted by molar-refractivity contribution is 9.09. The quantitative estimate of drug-likeness (QED) is 0.847. The molecule has 1 saturated carbocycles. The Bertz CT molecular complexity index is 450. The Morgan fingerprint density at radius 2 is 2.00 bits per heavy atom. The Labute approximate surface area is 117 Å². The Hall–Kier alpha value is -0.830. The van der Waals surface area contributed by atoms with Gasteiger partial charge in [0, 0.05) is 10.9 Å². The minimum atomic E-state index is -0.0345. The van der Waals surface area contributed by atoms with E-state index in [1.807, 2.05) is 32.0 Å². The fourth-order valence-electron chi connectivity index (χ4n) is 2.65. The van der Waals surface area contributed by atoms with Gasteiger partial charge in [-0.05, 0) is 43.9 Å². The molecule has 1 amide bonds. The lowest BCUT2D eigenvalue weighted by molar-refractivity contribution is 0.0909. The molecule has 1 aliphatic carbocycles. The van der Waals surface area contributed by atoms with Gasteiger partial charge in [-0.15, -0.1) is 0 Å². The van der Waals surface area contributed by atoms with Crippen LogP contribution in [0.3, 0.4) is 0 Å². The van der Waals surface area contributed by atoms with Crippen molar-refractivity contribution < 1.29 is 4.79 Å². The number of amides is 1. The van der Waals surface area contributed by atoms with E-state index in [1.54, 1.807) is 0 Å². The molecule has 3 heteroatoms. The summed E-state index contributed by atoms with van der Waals surface area (Å²) in [7, 11) is 0. The Morgan fingerprint density at radius 3 is 2.61 bits per heavy atom. The summed E-state index contributed by atoms with van der Waals surface area (Å²) < 4.78 is 0. The van der Waals surface area contributed by atoms with E-state index in [9.17, 15) is 4.79 Å². The van der Waals surface area contributed by atoms with Crippen molar-refractivity contribution in [1.29, 1.82) is 0 Å². The van der Waals surface area contributed by atoms with E-state index in [4.69, 9.17) is 0 Å². The molecule has 98 valence electrons. The van der Waals surface area contributed by atoms with Gasteiger partial charge in [0.15, 0.2) is 0 Å². The van der Waals surface area contributed by atoms with Gasteiger partial charge in [0.1, 0.15) is 0 Å². The Balaban J connectivity index is 2.19. The van der Waals surface area contributed by atoms with Crippen LogP contribution in [0.4, 0.5) is 0 Å². The topological polar surface area (TPSA) is 29.1 Å². The maximum absolute atomic E-state index is 12.4. The van der Waals surface area contributed by atoms with Crippen molar-refractivity contribution in [2.45, 2.75) is 45.1 Å². The van der Waals surface area contributed by atoms with E-state index in [-0.39, 0.29) is 11.4 Å². The van der Waals surface area contributed by atoms with Crippen LogP contribution in [0.5, 0.6) is 0 Å². The van der Waals surface area contributed by atoms with Gasteiger partial charge in [-0.2, -0.15) is 0 Å². The third-order valence-corrected chi connectivity index (χ3v) is 5.12. The van der Waals surface area contributed by atoms with Crippen LogP contribution in [0.25, 0.3) is 0 Å². The molecule has 0 heterocycles. The number of benzene rings is 1. The second-order valence-corrected chi connectivity index (χ2v) is 5.88. The fraction of sp³-hybridized carbons (Fsp3) is 0.533. The van der Waals surface area contributed by atoms with Gasteiger partial charge < -0.3 is 5.32 Å². The maximum atomic E-state index is 12.4. The monoisotopic (exact) mass is 309 g/mol. The average Bonchev–Trinajstić information content (AvgIpc) is 2.81. The smallest absolute Gasteiger partial charge is 0.252 e. The summed E-state index contributed by atoms with van der Waals surface area (Å²) in [6, 6.07) is 5.91. The van der Waals surface area contributed by atoms with E-state index < -0.39 is 0 Å². The van der Waals surface area contributed by atoms with Crippen molar-refractivity contribution in [2.75, 3.05) is 5.33 Å². The van der Waals surface area contributed by atoms with Crippen LogP contribution in [0.2, 0.25) is 0 Å². The van der Waals surface area contributed by atoms with E-state index in [1.165, 1.54) is 18.4 Å². The van der Waals surface area contributed by atoms with Crippen LogP contribution in [-0.4, -0.2) is 16.8 Å². The highest BCUT2D eigenvalue weighted by Crippen LogP contribution is 2.31. The third-order valence-electron chi connectivity index (χ3n) is 4.04. The number of hydrogen-bond acceptors (Lipinski definition) is 1. The summed E-state index contributed by atoms with van der Waals surface area (Å²) in [4.78, 5) is 12.4. The van der Waals surface area contributed by atoms with Crippen molar-refractivity contribution in [3.8, 4) is 0 Å². The molecule has 1 aliphatic rings. The zero-order valence-electron chi connectivity index (χ0n) is 11.1. The second-order valence-electron chi connectivity index (χ2n) is 5.32. The van der Waals surface area contributed by atoms with Crippen LogP contribution < -0.4 is 5.32 Å². The van der Waals surface area contributed by atoms with Crippen LogP contribution >= 0.6 is 15.9 Å². The maximum Gasteiger partial charge on any atom is 0.252 e. The number of carbonyl (C=O) groups excluding carboxylic acids is 1. The molecule has 0 atom stereocenters. The van der Waals surface area contributed by atoms with E-state index >= 15 is 0 Å². The highest BCUT2D eigenvalue weighted by atomic mass is 79.9. The summed E-state index contributed by atoms with van der Waals surface area (Å²) in [5.41, 5.74) is 3.02. The highest BCUT2D eigenvalue weighted by Gasteiger charge is 2.34. The van der Waals surface area contributed by atoms with Crippen LogP contribution in [0, 0.1) is 13.8 Å². The predicted octanol–water partition coefficient (Wildman–Crippen LogP) is 3.74. The van der Waals surface area contributed by atoms with E-state index in [2.05, 4.69) is 21.2 Å². The molecule has 2 nitrogen and oxygen atoms in total. The minimum absolute atomic E-state index is 0.0345. The summed E-state index contributed by atoms with van der Waals surface area (Å²) in [5, 5.41) is 4.08. The van der Waals surface area contributed by atoms with Crippen molar-refractivity contribution in [1.82, 2.24) is 5.32 Å². The molecule has 0 saturated heterocycles. The van der Waals surface area contributed by atoms with Crippen LogP contribution in [0.15, 0.2) is 18.2 Å². The van der Waals surface area contributed by atoms with Crippen LogP contribution in [0.1, 0.15) is 47.2 Å². The molecule has 1 aromatic rings. The van der Waals surface area contributed by atoms with Gasteiger partial charge >= 0.3 is 0 Å². The number of alkyl halides is 1. The molecule has 0 aromatic heterocycles. The molecule has 0 aliphatic heterocycles. The molecule has 0 radical (unpaired) electrons. The summed E-state index contributed by atoms with van der Waals surface area (Å²) in [6.45, 7) is 4.06.